The molecular formula is C16H29N4O2+. The summed E-state index contributed by atoms with van der Waals surface area (Å²) in [4.78, 5) is 23.4. The van der Waals surface area contributed by atoms with Crippen molar-refractivity contribution >= 4 is 5.95 Å². The van der Waals surface area contributed by atoms with Crippen molar-refractivity contribution in [2.45, 2.75) is 33.6 Å². The fourth-order valence-corrected chi connectivity index (χ4v) is 2.92. The molecule has 1 aliphatic rings. The first-order chi connectivity index (χ1) is 10.5. The van der Waals surface area contributed by atoms with E-state index in [0.29, 0.717) is 11.9 Å². The van der Waals surface area contributed by atoms with Gasteiger partial charge >= 0.3 is 0 Å². The largest absolute Gasteiger partial charge is 0.391 e. The summed E-state index contributed by atoms with van der Waals surface area (Å²) in [5.74, 6) is 1.28. The smallest absolute Gasteiger partial charge is 0.255 e. The first-order valence-electron chi connectivity index (χ1n) is 8.30. The molecule has 1 saturated heterocycles. The predicted octanol–water partition coefficient (Wildman–Crippen LogP) is -0.636. The van der Waals surface area contributed by atoms with Crippen LogP contribution in [0, 0.1) is 12.8 Å². The third-order valence-corrected chi connectivity index (χ3v) is 4.42. The van der Waals surface area contributed by atoms with Crippen molar-refractivity contribution in [3.05, 3.63) is 21.6 Å². The fraction of sp³-hybridized carbons (Fsp3) is 0.750. The number of nitrogens with one attached hydrogen (secondary N) is 2. The van der Waals surface area contributed by atoms with E-state index in [2.05, 4.69) is 28.7 Å². The molecule has 0 spiro atoms. The maximum atomic E-state index is 12.3. The number of aromatic amines is 1. The number of rotatable bonds is 6. The van der Waals surface area contributed by atoms with Gasteiger partial charge in [0.25, 0.3) is 5.56 Å². The molecule has 2 heterocycles. The van der Waals surface area contributed by atoms with Crippen LogP contribution in [0.3, 0.4) is 0 Å². The van der Waals surface area contributed by atoms with Crippen molar-refractivity contribution in [3.63, 3.8) is 0 Å². The van der Waals surface area contributed by atoms with Gasteiger partial charge in [0.15, 0.2) is 0 Å². The second-order valence-corrected chi connectivity index (χ2v) is 6.60. The van der Waals surface area contributed by atoms with Crippen LogP contribution in [0.4, 0.5) is 5.95 Å². The summed E-state index contributed by atoms with van der Waals surface area (Å²) in [5.41, 5.74) is 1.68. The van der Waals surface area contributed by atoms with Crippen LogP contribution in [0.2, 0.25) is 0 Å². The number of piperazine rings is 1. The van der Waals surface area contributed by atoms with Crippen LogP contribution in [0.25, 0.3) is 0 Å². The van der Waals surface area contributed by atoms with E-state index in [-0.39, 0.29) is 12.2 Å². The van der Waals surface area contributed by atoms with E-state index in [0.717, 1.165) is 56.8 Å². The molecule has 0 unspecified atom stereocenters. The minimum absolute atomic E-state index is 0.00767. The van der Waals surface area contributed by atoms with Crippen molar-refractivity contribution in [2.24, 2.45) is 5.92 Å². The normalized spacial score (nSPS) is 16.5. The molecule has 1 aliphatic heterocycles. The van der Waals surface area contributed by atoms with Crippen LogP contribution >= 0.6 is 0 Å². The number of hydrogen-bond acceptors (Lipinski definition) is 4. The van der Waals surface area contributed by atoms with Crippen molar-refractivity contribution in [1.29, 1.82) is 0 Å². The molecule has 0 amide bonds. The average Bonchev–Trinajstić information content (AvgIpc) is 2.47. The topological polar surface area (TPSA) is 73.7 Å². The van der Waals surface area contributed by atoms with Crippen molar-refractivity contribution in [3.8, 4) is 0 Å². The first kappa shape index (κ1) is 17.0. The highest BCUT2D eigenvalue weighted by Crippen LogP contribution is 2.11. The molecule has 1 fully saturated rings. The molecule has 1 aromatic heterocycles. The molecule has 3 N–H and O–H groups in total. The van der Waals surface area contributed by atoms with Crippen molar-refractivity contribution in [1.82, 2.24) is 9.97 Å². The lowest BCUT2D eigenvalue weighted by Gasteiger charge is -2.32. The van der Waals surface area contributed by atoms with Gasteiger partial charge in [-0.25, -0.2) is 4.98 Å². The summed E-state index contributed by atoms with van der Waals surface area (Å²) >= 11 is 0. The van der Waals surface area contributed by atoms with E-state index < -0.39 is 0 Å². The molecule has 0 atom stereocenters. The number of quaternary nitrogens is 1. The first-order valence-corrected chi connectivity index (χ1v) is 8.30. The molecule has 0 aliphatic carbocycles. The van der Waals surface area contributed by atoms with Gasteiger partial charge in [-0.3, -0.25) is 9.78 Å². The lowest BCUT2D eigenvalue weighted by molar-refractivity contribution is -0.900. The number of aliphatic hydroxyl groups excluding tert-OH is 1. The monoisotopic (exact) mass is 309 g/mol. The van der Waals surface area contributed by atoms with Crippen LogP contribution in [0.5, 0.6) is 0 Å². The van der Waals surface area contributed by atoms with Gasteiger partial charge < -0.3 is 14.9 Å². The molecular weight excluding hydrogens is 280 g/mol. The molecule has 0 aromatic carbocycles. The van der Waals surface area contributed by atoms with Crippen molar-refractivity contribution in [2.75, 3.05) is 44.2 Å². The third-order valence-electron chi connectivity index (χ3n) is 4.42. The van der Waals surface area contributed by atoms with Crippen LogP contribution in [-0.2, 0) is 6.42 Å². The Morgan fingerprint density at radius 3 is 2.59 bits per heavy atom. The summed E-state index contributed by atoms with van der Waals surface area (Å²) in [6.45, 7) is 11.0. The Balaban J connectivity index is 2.06. The Bertz CT molecular complexity index is 533. The number of aryl methyl sites for hydroxylation is 1. The zero-order valence-corrected chi connectivity index (χ0v) is 14.0. The fourth-order valence-electron chi connectivity index (χ4n) is 2.92. The van der Waals surface area contributed by atoms with Gasteiger partial charge in [0.05, 0.1) is 32.8 Å². The zero-order valence-electron chi connectivity index (χ0n) is 14.0. The summed E-state index contributed by atoms with van der Waals surface area (Å²) < 4.78 is 0. The van der Waals surface area contributed by atoms with Crippen molar-refractivity contribution < 1.29 is 10.0 Å². The van der Waals surface area contributed by atoms with E-state index >= 15 is 0 Å². The molecule has 124 valence electrons. The quantitative estimate of drug-likeness (QED) is 0.654. The molecule has 2 rings (SSSR count). The Hall–Kier alpha value is -1.40. The highest BCUT2D eigenvalue weighted by atomic mass is 16.3. The van der Waals surface area contributed by atoms with E-state index in [1.165, 1.54) is 4.90 Å². The zero-order chi connectivity index (χ0) is 16.1. The molecule has 1 aromatic rings. The summed E-state index contributed by atoms with van der Waals surface area (Å²) in [6.07, 6.45) is 1.80. The number of anilines is 1. The Kier molecular flexibility index (Phi) is 5.97. The minimum Gasteiger partial charge on any atom is -0.391 e. The van der Waals surface area contributed by atoms with Gasteiger partial charge in [0, 0.05) is 11.3 Å². The summed E-state index contributed by atoms with van der Waals surface area (Å²) in [5, 5.41) is 9.00. The lowest BCUT2D eigenvalue weighted by Crippen LogP contribution is -3.15. The molecule has 0 bridgehead atoms. The Labute approximate surface area is 132 Å². The molecule has 0 radical (unpaired) electrons. The summed E-state index contributed by atoms with van der Waals surface area (Å²) in [6, 6.07) is 0. The molecule has 0 saturated carbocycles. The Morgan fingerprint density at radius 2 is 2.05 bits per heavy atom. The number of nitrogens with zero attached hydrogens (tertiary/aromatic N) is 2. The lowest BCUT2D eigenvalue weighted by atomic mass is 10.0. The second-order valence-electron chi connectivity index (χ2n) is 6.60. The minimum atomic E-state index is 0.00767. The SMILES string of the molecule is Cc1nc(N2CC[NH+](CCO)CC2)[nH]c(=O)c1CCC(C)C. The number of aliphatic hydroxyl groups is 1. The molecule has 6 heteroatoms. The van der Waals surface area contributed by atoms with Crippen LogP contribution in [0.15, 0.2) is 4.79 Å². The van der Waals surface area contributed by atoms with Crippen LogP contribution in [-0.4, -0.2) is 54.4 Å². The number of hydrogen-bond donors (Lipinski definition) is 3. The highest BCUT2D eigenvalue weighted by molar-refractivity contribution is 5.33. The second kappa shape index (κ2) is 7.74. The van der Waals surface area contributed by atoms with Gasteiger partial charge in [0.2, 0.25) is 5.95 Å². The summed E-state index contributed by atoms with van der Waals surface area (Å²) in [7, 11) is 0. The standard InChI is InChI=1S/C16H28N4O2/c1-12(2)4-5-14-13(3)17-16(18-15(14)22)20-8-6-19(7-9-20)10-11-21/h12,21H,4-11H2,1-3H3,(H,17,18,22)/p+1. The Morgan fingerprint density at radius 1 is 1.36 bits per heavy atom. The van der Waals surface area contributed by atoms with Gasteiger partial charge in [-0.05, 0) is 25.7 Å². The van der Waals surface area contributed by atoms with Crippen LogP contribution in [0.1, 0.15) is 31.5 Å². The average molecular weight is 309 g/mol. The number of H-pyrrole nitrogens is 1. The maximum Gasteiger partial charge on any atom is 0.255 e. The van der Waals surface area contributed by atoms with Gasteiger partial charge in [-0.1, -0.05) is 13.8 Å². The van der Waals surface area contributed by atoms with Gasteiger partial charge in [0.1, 0.15) is 6.54 Å². The predicted molar refractivity (Wildman–Crippen MR) is 87.6 cm³/mol. The number of aromatic nitrogens is 2. The highest BCUT2D eigenvalue weighted by Gasteiger charge is 2.22. The third kappa shape index (κ3) is 4.30. The van der Waals surface area contributed by atoms with Gasteiger partial charge in [-0.15, -0.1) is 0 Å². The molecule has 6 nitrogen and oxygen atoms in total. The van der Waals surface area contributed by atoms with E-state index in [4.69, 9.17) is 5.11 Å². The van der Waals surface area contributed by atoms with Gasteiger partial charge in [-0.2, -0.15) is 0 Å². The van der Waals surface area contributed by atoms with E-state index in [9.17, 15) is 4.79 Å². The molecule has 22 heavy (non-hydrogen) atoms. The van der Waals surface area contributed by atoms with E-state index in [1.54, 1.807) is 0 Å². The van der Waals surface area contributed by atoms with E-state index in [1.807, 2.05) is 6.92 Å². The maximum absolute atomic E-state index is 12.3. The van der Waals surface area contributed by atoms with Crippen LogP contribution < -0.4 is 15.4 Å².